The Labute approximate surface area is 76.6 Å². The van der Waals surface area contributed by atoms with Crippen LogP contribution in [0.5, 0.6) is 0 Å². The summed E-state index contributed by atoms with van der Waals surface area (Å²) in [5.74, 6) is 0. The van der Waals surface area contributed by atoms with Crippen LogP contribution in [0.4, 0.5) is 0 Å². The quantitative estimate of drug-likeness (QED) is 0.460. The lowest BCUT2D eigenvalue weighted by Crippen LogP contribution is -2.22. The van der Waals surface area contributed by atoms with Crippen molar-refractivity contribution < 1.29 is 0 Å². The molecule has 2 nitrogen and oxygen atoms in total. The van der Waals surface area contributed by atoms with Gasteiger partial charge < -0.3 is 10.2 Å². The summed E-state index contributed by atoms with van der Waals surface area (Å²) in [6, 6.07) is 0. The molecule has 0 radical (unpaired) electrons. The molecule has 0 heterocycles. The second-order valence-corrected chi connectivity index (χ2v) is 3.61. The van der Waals surface area contributed by atoms with E-state index in [0.717, 1.165) is 19.5 Å². The molecule has 0 rings (SSSR count). The summed E-state index contributed by atoms with van der Waals surface area (Å²) in [6.45, 7) is 9.28. The van der Waals surface area contributed by atoms with Crippen LogP contribution >= 0.6 is 0 Å². The molecule has 0 atom stereocenters. The summed E-state index contributed by atoms with van der Waals surface area (Å²) >= 11 is 0. The van der Waals surface area contributed by atoms with Gasteiger partial charge in [0.1, 0.15) is 0 Å². The summed E-state index contributed by atoms with van der Waals surface area (Å²) in [5.41, 5.74) is 1.26. The molecular formula is C10H22N2. The molecule has 0 saturated carbocycles. The van der Waals surface area contributed by atoms with Gasteiger partial charge in [0.25, 0.3) is 0 Å². The van der Waals surface area contributed by atoms with Crippen molar-refractivity contribution in [3.05, 3.63) is 12.2 Å². The minimum atomic E-state index is 1.07. The molecule has 0 unspecified atom stereocenters. The molecule has 0 aromatic rings. The van der Waals surface area contributed by atoms with Crippen LogP contribution in [-0.2, 0) is 0 Å². The van der Waals surface area contributed by atoms with Crippen LogP contribution < -0.4 is 5.32 Å². The van der Waals surface area contributed by atoms with Crippen LogP contribution in [0.1, 0.15) is 19.8 Å². The molecule has 12 heavy (non-hydrogen) atoms. The van der Waals surface area contributed by atoms with E-state index in [1.54, 1.807) is 0 Å². The molecule has 0 aromatic carbocycles. The molecule has 0 aliphatic rings. The zero-order chi connectivity index (χ0) is 9.40. The second-order valence-electron chi connectivity index (χ2n) is 3.61. The zero-order valence-electron chi connectivity index (χ0n) is 8.69. The van der Waals surface area contributed by atoms with Gasteiger partial charge in [-0.05, 0) is 53.5 Å². The number of hydrogen-bond donors (Lipinski definition) is 1. The van der Waals surface area contributed by atoms with Gasteiger partial charge in [-0.2, -0.15) is 0 Å². The van der Waals surface area contributed by atoms with Crippen molar-refractivity contribution in [2.45, 2.75) is 19.8 Å². The van der Waals surface area contributed by atoms with E-state index in [2.05, 4.69) is 37.8 Å². The SMILES string of the molecule is C=C(C)CCNCCCN(C)C. The topological polar surface area (TPSA) is 15.3 Å². The van der Waals surface area contributed by atoms with Gasteiger partial charge in [-0.1, -0.05) is 5.57 Å². The fraction of sp³-hybridized carbons (Fsp3) is 0.800. The van der Waals surface area contributed by atoms with Gasteiger partial charge in [0.2, 0.25) is 0 Å². The molecular weight excluding hydrogens is 148 g/mol. The van der Waals surface area contributed by atoms with E-state index in [-0.39, 0.29) is 0 Å². The molecule has 72 valence electrons. The molecule has 2 heteroatoms. The maximum atomic E-state index is 3.85. The van der Waals surface area contributed by atoms with Crippen LogP contribution in [0.15, 0.2) is 12.2 Å². The van der Waals surface area contributed by atoms with Crippen molar-refractivity contribution >= 4 is 0 Å². The average molecular weight is 170 g/mol. The minimum absolute atomic E-state index is 1.07. The number of hydrogen-bond acceptors (Lipinski definition) is 2. The molecule has 0 aromatic heterocycles. The lowest BCUT2D eigenvalue weighted by atomic mass is 10.2. The highest BCUT2D eigenvalue weighted by molar-refractivity contribution is 4.87. The molecule has 0 saturated heterocycles. The van der Waals surface area contributed by atoms with Gasteiger partial charge in [0.15, 0.2) is 0 Å². The highest BCUT2D eigenvalue weighted by Crippen LogP contribution is 1.91. The molecule has 0 aliphatic carbocycles. The van der Waals surface area contributed by atoms with E-state index in [4.69, 9.17) is 0 Å². The lowest BCUT2D eigenvalue weighted by Gasteiger charge is -2.09. The average Bonchev–Trinajstić information content (AvgIpc) is 1.95. The van der Waals surface area contributed by atoms with Gasteiger partial charge in [-0.3, -0.25) is 0 Å². The van der Waals surface area contributed by atoms with E-state index in [0.29, 0.717) is 0 Å². The van der Waals surface area contributed by atoms with Crippen molar-refractivity contribution in [2.75, 3.05) is 33.7 Å². The maximum absolute atomic E-state index is 3.85. The molecule has 0 amide bonds. The number of nitrogens with zero attached hydrogens (tertiary/aromatic N) is 1. The number of nitrogens with one attached hydrogen (secondary N) is 1. The Bertz CT molecular complexity index is 119. The van der Waals surface area contributed by atoms with Crippen molar-refractivity contribution in [1.82, 2.24) is 10.2 Å². The maximum Gasteiger partial charge on any atom is -0.00118 e. The highest BCUT2D eigenvalue weighted by atomic mass is 15.0. The predicted octanol–water partition coefficient (Wildman–Crippen LogP) is 1.49. The van der Waals surface area contributed by atoms with Gasteiger partial charge in [-0.15, -0.1) is 6.58 Å². The van der Waals surface area contributed by atoms with Crippen LogP contribution in [-0.4, -0.2) is 38.6 Å². The summed E-state index contributed by atoms with van der Waals surface area (Å²) in [4.78, 5) is 2.21. The minimum Gasteiger partial charge on any atom is -0.316 e. The van der Waals surface area contributed by atoms with Crippen LogP contribution in [0.25, 0.3) is 0 Å². The molecule has 0 fully saturated rings. The molecule has 1 N–H and O–H groups in total. The Morgan fingerprint density at radius 1 is 1.33 bits per heavy atom. The molecule has 0 bridgehead atoms. The summed E-state index contributed by atoms with van der Waals surface area (Å²) in [5, 5.41) is 3.38. The standard InChI is InChI=1S/C10H22N2/c1-10(2)6-8-11-7-5-9-12(3)4/h11H,1,5-9H2,2-4H3. The Balaban J connectivity index is 2.96. The van der Waals surface area contributed by atoms with Crippen LogP contribution in [0, 0.1) is 0 Å². The van der Waals surface area contributed by atoms with Crippen molar-refractivity contribution in [3.8, 4) is 0 Å². The Morgan fingerprint density at radius 3 is 2.50 bits per heavy atom. The first-order valence-electron chi connectivity index (χ1n) is 4.62. The monoisotopic (exact) mass is 170 g/mol. The summed E-state index contributed by atoms with van der Waals surface area (Å²) < 4.78 is 0. The van der Waals surface area contributed by atoms with Gasteiger partial charge in [-0.25, -0.2) is 0 Å². The van der Waals surface area contributed by atoms with Crippen molar-refractivity contribution in [2.24, 2.45) is 0 Å². The first kappa shape index (κ1) is 11.7. The van der Waals surface area contributed by atoms with E-state index in [1.165, 1.54) is 18.5 Å². The third-order valence-electron chi connectivity index (χ3n) is 1.69. The summed E-state index contributed by atoms with van der Waals surface area (Å²) in [7, 11) is 4.21. The van der Waals surface area contributed by atoms with Crippen LogP contribution in [0.3, 0.4) is 0 Å². The third kappa shape index (κ3) is 9.66. The van der Waals surface area contributed by atoms with Crippen LogP contribution in [0.2, 0.25) is 0 Å². The second kappa shape index (κ2) is 7.32. The van der Waals surface area contributed by atoms with E-state index >= 15 is 0 Å². The number of rotatable bonds is 7. The van der Waals surface area contributed by atoms with E-state index < -0.39 is 0 Å². The fourth-order valence-corrected chi connectivity index (χ4v) is 0.947. The first-order chi connectivity index (χ1) is 5.63. The third-order valence-corrected chi connectivity index (χ3v) is 1.69. The fourth-order valence-electron chi connectivity index (χ4n) is 0.947. The molecule has 0 aliphatic heterocycles. The lowest BCUT2D eigenvalue weighted by molar-refractivity contribution is 0.395. The highest BCUT2D eigenvalue weighted by Gasteiger charge is 1.90. The predicted molar refractivity (Wildman–Crippen MR) is 55.5 cm³/mol. The molecule has 0 spiro atoms. The van der Waals surface area contributed by atoms with E-state index in [9.17, 15) is 0 Å². The smallest absolute Gasteiger partial charge is 0.00118 e. The largest absolute Gasteiger partial charge is 0.316 e. The first-order valence-corrected chi connectivity index (χ1v) is 4.62. The summed E-state index contributed by atoms with van der Waals surface area (Å²) in [6.07, 6.45) is 2.32. The van der Waals surface area contributed by atoms with Gasteiger partial charge in [0.05, 0.1) is 0 Å². The van der Waals surface area contributed by atoms with Gasteiger partial charge >= 0.3 is 0 Å². The Kier molecular flexibility index (Phi) is 7.11. The normalized spacial score (nSPS) is 10.7. The van der Waals surface area contributed by atoms with Gasteiger partial charge in [0, 0.05) is 0 Å². The van der Waals surface area contributed by atoms with Crippen molar-refractivity contribution in [3.63, 3.8) is 0 Å². The Morgan fingerprint density at radius 2 is 2.00 bits per heavy atom. The van der Waals surface area contributed by atoms with Crippen molar-refractivity contribution in [1.29, 1.82) is 0 Å². The van der Waals surface area contributed by atoms with E-state index in [1.807, 2.05) is 0 Å². The zero-order valence-corrected chi connectivity index (χ0v) is 8.69. The Hall–Kier alpha value is -0.340.